The highest BCUT2D eigenvalue weighted by molar-refractivity contribution is 5.72. The van der Waals surface area contributed by atoms with Gasteiger partial charge >= 0.3 is 0 Å². The first-order chi connectivity index (χ1) is 6.40. The summed E-state index contributed by atoms with van der Waals surface area (Å²) in [4.78, 5) is 10.6. The van der Waals surface area contributed by atoms with Crippen molar-refractivity contribution in [3.63, 3.8) is 0 Å². The predicted molar refractivity (Wildman–Crippen MR) is 50.8 cm³/mol. The molecular weight excluding hydrogens is 164 g/mol. The third kappa shape index (κ3) is 1.80. The predicted octanol–water partition coefficient (Wildman–Crippen LogP) is 1.05. The van der Waals surface area contributed by atoms with E-state index in [0.717, 1.165) is 25.1 Å². The van der Waals surface area contributed by atoms with Gasteiger partial charge in [-0.1, -0.05) is 0 Å². The maximum Gasteiger partial charge on any atom is 0.166 e. The molecule has 2 rings (SSSR count). The molecule has 0 aliphatic carbocycles. The van der Waals surface area contributed by atoms with Gasteiger partial charge in [0.15, 0.2) is 6.29 Å². The molecule has 1 saturated heterocycles. The maximum absolute atomic E-state index is 10.6. The van der Waals surface area contributed by atoms with E-state index in [1.54, 1.807) is 0 Å². The van der Waals surface area contributed by atoms with Gasteiger partial charge in [-0.15, -0.1) is 0 Å². The average molecular weight is 178 g/mol. The van der Waals surface area contributed by atoms with Crippen molar-refractivity contribution in [3.05, 3.63) is 24.0 Å². The number of hydrogen-bond donors (Lipinski definition) is 1. The molecule has 1 aromatic heterocycles. The Bertz CT molecular complexity index is 287. The normalized spacial score (nSPS) is 22.0. The summed E-state index contributed by atoms with van der Waals surface area (Å²) in [6.07, 6.45) is 5.34. The lowest BCUT2D eigenvalue weighted by Crippen LogP contribution is -2.27. The minimum Gasteiger partial charge on any atom is -0.344 e. The minimum absolute atomic E-state index is 0.547. The molecule has 0 aromatic carbocycles. The molecule has 1 aromatic rings. The highest BCUT2D eigenvalue weighted by atomic mass is 16.1. The Morgan fingerprint density at radius 2 is 2.62 bits per heavy atom. The van der Waals surface area contributed by atoms with Crippen molar-refractivity contribution in [2.24, 2.45) is 0 Å². The van der Waals surface area contributed by atoms with E-state index in [1.165, 1.54) is 12.8 Å². The topological polar surface area (TPSA) is 34.0 Å². The number of nitrogens with zero attached hydrogens (tertiary/aromatic N) is 1. The number of aromatic nitrogens is 1. The fourth-order valence-corrected chi connectivity index (χ4v) is 1.85. The van der Waals surface area contributed by atoms with Crippen LogP contribution in [0, 0.1) is 0 Å². The second kappa shape index (κ2) is 3.75. The number of carbonyl (C=O) groups is 1. The summed E-state index contributed by atoms with van der Waals surface area (Å²) in [6.45, 7) is 2.03. The van der Waals surface area contributed by atoms with Gasteiger partial charge in [0.05, 0.1) is 5.69 Å². The molecule has 1 atom stereocenters. The Hall–Kier alpha value is -1.09. The first kappa shape index (κ1) is 8.51. The summed E-state index contributed by atoms with van der Waals surface area (Å²) < 4.78 is 2.01. The van der Waals surface area contributed by atoms with Crippen LogP contribution in [0.1, 0.15) is 23.3 Å². The largest absolute Gasteiger partial charge is 0.344 e. The van der Waals surface area contributed by atoms with E-state index in [1.807, 2.05) is 22.9 Å². The fraction of sp³-hybridized carbons (Fsp3) is 0.500. The number of carbonyl (C=O) groups excluding carboxylic acids is 1. The van der Waals surface area contributed by atoms with Gasteiger partial charge in [0, 0.05) is 18.8 Å². The quantitative estimate of drug-likeness (QED) is 0.702. The van der Waals surface area contributed by atoms with Crippen LogP contribution in [0.3, 0.4) is 0 Å². The monoisotopic (exact) mass is 178 g/mol. The molecule has 0 unspecified atom stereocenters. The molecule has 3 heteroatoms. The van der Waals surface area contributed by atoms with Crippen LogP contribution in [-0.2, 0) is 6.54 Å². The summed E-state index contributed by atoms with van der Waals surface area (Å²) in [7, 11) is 0. The van der Waals surface area contributed by atoms with E-state index in [2.05, 4.69) is 5.32 Å². The first-order valence-electron chi connectivity index (χ1n) is 4.74. The average Bonchev–Trinajstić information content (AvgIpc) is 2.76. The van der Waals surface area contributed by atoms with Gasteiger partial charge in [-0.25, -0.2) is 0 Å². The van der Waals surface area contributed by atoms with E-state index in [9.17, 15) is 4.79 Å². The van der Waals surface area contributed by atoms with Crippen LogP contribution in [0.4, 0.5) is 0 Å². The lowest BCUT2D eigenvalue weighted by molar-refractivity contribution is 0.111. The molecule has 13 heavy (non-hydrogen) atoms. The van der Waals surface area contributed by atoms with Crippen LogP contribution in [0.15, 0.2) is 18.3 Å². The summed E-state index contributed by atoms with van der Waals surface area (Å²) in [6, 6.07) is 4.31. The third-order valence-corrected chi connectivity index (χ3v) is 2.56. The molecule has 1 aliphatic rings. The fourth-order valence-electron chi connectivity index (χ4n) is 1.85. The van der Waals surface area contributed by atoms with Crippen molar-refractivity contribution in [2.45, 2.75) is 25.4 Å². The Labute approximate surface area is 77.7 Å². The number of nitrogens with one attached hydrogen (secondary N) is 1. The van der Waals surface area contributed by atoms with Crippen LogP contribution >= 0.6 is 0 Å². The number of aldehydes is 1. The van der Waals surface area contributed by atoms with Crippen molar-refractivity contribution in [1.29, 1.82) is 0 Å². The zero-order chi connectivity index (χ0) is 9.10. The van der Waals surface area contributed by atoms with Crippen LogP contribution in [0.2, 0.25) is 0 Å². The first-order valence-corrected chi connectivity index (χ1v) is 4.74. The van der Waals surface area contributed by atoms with Gasteiger partial charge in [0.2, 0.25) is 0 Å². The van der Waals surface area contributed by atoms with Crippen molar-refractivity contribution in [1.82, 2.24) is 9.88 Å². The van der Waals surface area contributed by atoms with Gasteiger partial charge in [0.25, 0.3) is 0 Å². The zero-order valence-corrected chi connectivity index (χ0v) is 7.57. The summed E-state index contributed by atoms with van der Waals surface area (Å²) >= 11 is 0. The Morgan fingerprint density at radius 3 is 3.31 bits per heavy atom. The zero-order valence-electron chi connectivity index (χ0n) is 7.57. The highest BCUT2D eigenvalue weighted by Gasteiger charge is 2.14. The molecule has 1 N–H and O–H groups in total. The molecule has 0 spiro atoms. The Kier molecular flexibility index (Phi) is 2.45. The third-order valence-electron chi connectivity index (χ3n) is 2.56. The molecule has 3 nitrogen and oxygen atoms in total. The standard InChI is InChI=1S/C10H14N2O/c13-8-10-4-2-6-12(10)7-9-3-1-5-11-9/h2,4,6,8-9,11H,1,3,5,7H2/t9-/m0/s1. The van der Waals surface area contributed by atoms with Crippen LogP contribution in [0.25, 0.3) is 0 Å². The highest BCUT2D eigenvalue weighted by Crippen LogP contribution is 2.09. The number of hydrogen-bond acceptors (Lipinski definition) is 2. The van der Waals surface area contributed by atoms with E-state index in [-0.39, 0.29) is 0 Å². The molecule has 0 amide bonds. The second-order valence-electron chi connectivity index (χ2n) is 3.50. The second-order valence-corrected chi connectivity index (χ2v) is 3.50. The van der Waals surface area contributed by atoms with Crippen LogP contribution < -0.4 is 5.32 Å². The van der Waals surface area contributed by atoms with Gasteiger partial charge in [0.1, 0.15) is 0 Å². The van der Waals surface area contributed by atoms with Crippen molar-refractivity contribution >= 4 is 6.29 Å². The minimum atomic E-state index is 0.547. The molecule has 0 bridgehead atoms. The van der Waals surface area contributed by atoms with E-state index in [4.69, 9.17) is 0 Å². The molecule has 1 fully saturated rings. The molecule has 0 saturated carbocycles. The smallest absolute Gasteiger partial charge is 0.166 e. The lowest BCUT2D eigenvalue weighted by atomic mass is 10.2. The van der Waals surface area contributed by atoms with Crippen molar-refractivity contribution < 1.29 is 4.79 Å². The molecule has 2 heterocycles. The SMILES string of the molecule is O=Cc1cccn1C[C@@H]1CCCN1. The molecule has 0 radical (unpaired) electrons. The van der Waals surface area contributed by atoms with Crippen LogP contribution in [0.5, 0.6) is 0 Å². The van der Waals surface area contributed by atoms with E-state index < -0.39 is 0 Å². The van der Waals surface area contributed by atoms with Gasteiger partial charge in [-0.3, -0.25) is 4.79 Å². The van der Waals surface area contributed by atoms with Gasteiger partial charge in [-0.05, 0) is 31.5 Å². The summed E-state index contributed by atoms with van der Waals surface area (Å²) in [5, 5.41) is 3.41. The van der Waals surface area contributed by atoms with E-state index in [0.29, 0.717) is 6.04 Å². The molecular formula is C10H14N2O. The molecule has 1 aliphatic heterocycles. The van der Waals surface area contributed by atoms with E-state index >= 15 is 0 Å². The Balaban J connectivity index is 2.03. The van der Waals surface area contributed by atoms with Crippen molar-refractivity contribution in [2.75, 3.05) is 6.54 Å². The summed E-state index contributed by atoms with van der Waals surface area (Å²) in [5.74, 6) is 0. The van der Waals surface area contributed by atoms with Crippen LogP contribution in [-0.4, -0.2) is 23.4 Å². The Morgan fingerprint density at radius 1 is 1.69 bits per heavy atom. The maximum atomic E-state index is 10.6. The van der Waals surface area contributed by atoms with Crippen molar-refractivity contribution in [3.8, 4) is 0 Å². The number of rotatable bonds is 3. The summed E-state index contributed by atoms with van der Waals surface area (Å²) in [5.41, 5.74) is 0.772. The van der Waals surface area contributed by atoms with Gasteiger partial charge in [-0.2, -0.15) is 0 Å². The molecule has 70 valence electrons. The lowest BCUT2D eigenvalue weighted by Gasteiger charge is -2.12. The van der Waals surface area contributed by atoms with Gasteiger partial charge < -0.3 is 9.88 Å².